The van der Waals surface area contributed by atoms with Gasteiger partial charge in [0.1, 0.15) is 0 Å². The quantitative estimate of drug-likeness (QED) is 0.488. The maximum absolute atomic E-state index is 6.58. The molecule has 2 aliphatic rings. The highest BCUT2D eigenvalue weighted by molar-refractivity contribution is 6.33. The number of hydrogen-bond donors (Lipinski definition) is 3. The van der Waals surface area contributed by atoms with E-state index in [9.17, 15) is 0 Å². The minimum Gasteiger partial charge on any atom is -0.385 e. The predicted molar refractivity (Wildman–Crippen MR) is 131 cm³/mol. The summed E-state index contributed by atoms with van der Waals surface area (Å²) in [6.07, 6.45) is 13.7. The SMILES string of the molecule is CCc1c(NCC2CCCCC2)cccc1-c1nc(NC2CCC(N)CC2)ncc1Cl. The molecule has 1 aromatic heterocycles. The normalized spacial score (nSPS) is 22.3. The van der Waals surface area contributed by atoms with Crippen LogP contribution in [-0.2, 0) is 6.42 Å². The summed E-state index contributed by atoms with van der Waals surface area (Å²) in [6.45, 7) is 3.24. The Morgan fingerprint density at radius 3 is 2.58 bits per heavy atom. The molecule has 4 rings (SSSR count). The molecule has 31 heavy (non-hydrogen) atoms. The van der Waals surface area contributed by atoms with Crippen LogP contribution in [0.5, 0.6) is 0 Å². The number of nitrogens with one attached hydrogen (secondary N) is 2. The summed E-state index contributed by atoms with van der Waals surface area (Å²) in [4.78, 5) is 9.29. The Morgan fingerprint density at radius 1 is 1.06 bits per heavy atom. The Bertz CT molecular complexity index is 857. The molecule has 2 aliphatic carbocycles. The number of hydrogen-bond acceptors (Lipinski definition) is 5. The lowest BCUT2D eigenvalue weighted by molar-refractivity contribution is 0.373. The van der Waals surface area contributed by atoms with Crippen LogP contribution >= 0.6 is 11.6 Å². The molecule has 0 atom stereocenters. The molecule has 1 aromatic carbocycles. The van der Waals surface area contributed by atoms with Crippen LogP contribution in [0.15, 0.2) is 24.4 Å². The Hall–Kier alpha value is -1.85. The van der Waals surface area contributed by atoms with E-state index in [4.69, 9.17) is 22.3 Å². The number of benzene rings is 1. The van der Waals surface area contributed by atoms with E-state index in [-0.39, 0.29) is 0 Å². The van der Waals surface area contributed by atoms with Gasteiger partial charge in [-0.1, -0.05) is 49.9 Å². The van der Waals surface area contributed by atoms with Crippen molar-refractivity contribution in [1.29, 1.82) is 0 Å². The van der Waals surface area contributed by atoms with Crippen molar-refractivity contribution in [3.63, 3.8) is 0 Å². The molecular formula is C25H36ClN5. The van der Waals surface area contributed by atoms with Gasteiger partial charge in [0.15, 0.2) is 0 Å². The molecule has 6 heteroatoms. The molecule has 4 N–H and O–H groups in total. The Labute approximate surface area is 191 Å². The third-order valence-electron chi connectivity index (χ3n) is 6.94. The van der Waals surface area contributed by atoms with Crippen molar-refractivity contribution in [2.24, 2.45) is 11.7 Å². The van der Waals surface area contributed by atoms with Crippen molar-refractivity contribution in [3.05, 3.63) is 35.0 Å². The Morgan fingerprint density at radius 2 is 1.84 bits per heavy atom. The smallest absolute Gasteiger partial charge is 0.223 e. The third kappa shape index (κ3) is 5.69. The molecule has 0 amide bonds. The van der Waals surface area contributed by atoms with Gasteiger partial charge in [0, 0.05) is 29.9 Å². The summed E-state index contributed by atoms with van der Waals surface area (Å²) >= 11 is 6.58. The van der Waals surface area contributed by atoms with E-state index in [2.05, 4.69) is 40.7 Å². The van der Waals surface area contributed by atoms with Gasteiger partial charge >= 0.3 is 0 Å². The van der Waals surface area contributed by atoms with Crippen molar-refractivity contribution in [3.8, 4) is 11.3 Å². The zero-order valence-corrected chi connectivity index (χ0v) is 19.4. The molecule has 2 fully saturated rings. The van der Waals surface area contributed by atoms with Gasteiger partial charge in [0.25, 0.3) is 0 Å². The van der Waals surface area contributed by atoms with Crippen LogP contribution in [0, 0.1) is 5.92 Å². The lowest BCUT2D eigenvalue weighted by atomic mass is 9.89. The van der Waals surface area contributed by atoms with Crippen LogP contribution in [0.25, 0.3) is 11.3 Å². The first kappa shape index (κ1) is 22.3. The van der Waals surface area contributed by atoms with Gasteiger partial charge in [-0.25, -0.2) is 9.97 Å². The van der Waals surface area contributed by atoms with Crippen LogP contribution in [-0.4, -0.2) is 28.6 Å². The number of nitrogens with two attached hydrogens (primary N) is 1. The van der Waals surface area contributed by atoms with Crippen LogP contribution in [0.3, 0.4) is 0 Å². The van der Waals surface area contributed by atoms with Gasteiger partial charge in [0.2, 0.25) is 5.95 Å². The first-order valence-electron chi connectivity index (χ1n) is 12.0. The minimum atomic E-state index is 0.329. The predicted octanol–water partition coefficient (Wildman–Crippen LogP) is 6.03. The van der Waals surface area contributed by atoms with Gasteiger partial charge in [-0.15, -0.1) is 0 Å². The number of anilines is 2. The molecule has 0 saturated heterocycles. The van der Waals surface area contributed by atoms with Crippen molar-refractivity contribution in [1.82, 2.24) is 9.97 Å². The largest absolute Gasteiger partial charge is 0.385 e. The summed E-state index contributed by atoms with van der Waals surface area (Å²) in [5, 5.41) is 7.83. The second-order valence-electron chi connectivity index (χ2n) is 9.22. The van der Waals surface area contributed by atoms with Crippen LogP contribution in [0.2, 0.25) is 5.02 Å². The Balaban J connectivity index is 1.53. The van der Waals surface area contributed by atoms with Gasteiger partial charge in [-0.2, -0.15) is 0 Å². The summed E-state index contributed by atoms with van der Waals surface area (Å²) in [7, 11) is 0. The highest BCUT2D eigenvalue weighted by atomic mass is 35.5. The van der Waals surface area contributed by atoms with Crippen LogP contribution in [0.1, 0.15) is 70.3 Å². The second kappa shape index (κ2) is 10.6. The fourth-order valence-electron chi connectivity index (χ4n) is 5.07. The number of nitrogens with zero attached hydrogens (tertiary/aromatic N) is 2. The van der Waals surface area contributed by atoms with E-state index in [1.165, 1.54) is 43.4 Å². The average Bonchev–Trinajstić information content (AvgIpc) is 2.81. The summed E-state index contributed by atoms with van der Waals surface area (Å²) in [5.41, 5.74) is 10.4. The highest BCUT2D eigenvalue weighted by Crippen LogP contribution is 2.34. The van der Waals surface area contributed by atoms with Gasteiger partial charge in [-0.05, 0) is 62.5 Å². The van der Waals surface area contributed by atoms with Crippen molar-refractivity contribution in [2.75, 3.05) is 17.2 Å². The summed E-state index contributed by atoms with van der Waals surface area (Å²) in [5.74, 6) is 1.44. The Kier molecular flexibility index (Phi) is 7.67. The fraction of sp³-hybridized carbons (Fsp3) is 0.600. The number of aromatic nitrogens is 2. The molecule has 0 aliphatic heterocycles. The van der Waals surface area contributed by atoms with Gasteiger partial charge in [-0.3, -0.25) is 0 Å². The monoisotopic (exact) mass is 441 g/mol. The lowest BCUT2D eigenvalue weighted by Gasteiger charge is -2.27. The first-order valence-corrected chi connectivity index (χ1v) is 12.4. The third-order valence-corrected chi connectivity index (χ3v) is 7.22. The average molecular weight is 442 g/mol. The number of rotatable bonds is 7. The second-order valence-corrected chi connectivity index (χ2v) is 9.62. The van der Waals surface area contributed by atoms with Gasteiger partial charge in [0.05, 0.1) is 16.9 Å². The van der Waals surface area contributed by atoms with Crippen LogP contribution in [0.4, 0.5) is 11.6 Å². The zero-order valence-electron chi connectivity index (χ0n) is 18.7. The van der Waals surface area contributed by atoms with Crippen LogP contribution < -0.4 is 16.4 Å². The zero-order chi connectivity index (χ0) is 21.6. The summed E-state index contributed by atoms with van der Waals surface area (Å²) < 4.78 is 0. The molecule has 0 unspecified atom stereocenters. The number of halogens is 1. The molecule has 2 aromatic rings. The standard InChI is InChI=1S/C25H36ClN5/c1-2-20-21(9-6-10-23(20)28-15-17-7-4-3-5-8-17)24-22(26)16-29-25(31-24)30-19-13-11-18(27)12-14-19/h6,9-10,16-19,28H,2-5,7-8,11-15,27H2,1H3,(H,29,30,31). The highest BCUT2D eigenvalue weighted by Gasteiger charge is 2.21. The molecule has 0 radical (unpaired) electrons. The maximum Gasteiger partial charge on any atom is 0.223 e. The van der Waals surface area contributed by atoms with E-state index < -0.39 is 0 Å². The fourth-order valence-corrected chi connectivity index (χ4v) is 5.27. The summed E-state index contributed by atoms with van der Waals surface area (Å²) in [6, 6.07) is 7.12. The molecule has 2 saturated carbocycles. The maximum atomic E-state index is 6.58. The molecule has 168 valence electrons. The van der Waals surface area contributed by atoms with Crippen molar-refractivity contribution < 1.29 is 0 Å². The van der Waals surface area contributed by atoms with Crippen molar-refractivity contribution in [2.45, 2.75) is 83.2 Å². The molecule has 0 spiro atoms. The minimum absolute atomic E-state index is 0.329. The van der Waals surface area contributed by atoms with E-state index in [1.807, 2.05) is 0 Å². The van der Waals surface area contributed by atoms with E-state index >= 15 is 0 Å². The molecule has 1 heterocycles. The van der Waals surface area contributed by atoms with E-state index in [1.54, 1.807) is 6.20 Å². The molecule has 0 bridgehead atoms. The van der Waals surface area contributed by atoms with Crippen molar-refractivity contribution >= 4 is 23.2 Å². The topological polar surface area (TPSA) is 75.9 Å². The van der Waals surface area contributed by atoms with E-state index in [0.29, 0.717) is 23.1 Å². The first-order chi connectivity index (χ1) is 15.1. The molecular weight excluding hydrogens is 406 g/mol. The van der Waals surface area contributed by atoms with Gasteiger partial charge < -0.3 is 16.4 Å². The molecule has 5 nitrogen and oxygen atoms in total. The lowest BCUT2D eigenvalue weighted by Crippen LogP contribution is -2.33. The van der Waals surface area contributed by atoms with E-state index in [0.717, 1.165) is 55.8 Å².